The average Bonchev–Trinajstić information content (AvgIpc) is 2.57. The maximum Gasteiger partial charge on any atom is 0.124 e. The molecule has 0 amide bonds. The van der Waals surface area contributed by atoms with Crippen LogP contribution < -0.4 is 5.32 Å². The summed E-state index contributed by atoms with van der Waals surface area (Å²) in [5, 5.41) is 3.86. The van der Waals surface area contributed by atoms with Gasteiger partial charge in [0.25, 0.3) is 0 Å². The first-order valence-corrected chi connectivity index (χ1v) is 5.70. The fourth-order valence-corrected chi connectivity index (χ4v) is 2.81. The van der Waals surface area contributed by atoms with Crippen LogP contribution in [-0.4, -0.2) is 11.0 Å². The van der Waals surface area contributed by atoms with Crippen molar-refractivity contribution in [1.82, 2.24) is 4.98 Å². The van der Waals surface area contributed by atoms with Gasteiger partial charge in [0.1, 0.15) is 6.04 Å². The molecular formula is C13H17N2+. The van der Waals surface area contributed by atoms with E-state index in [0.29, 0.717) is 12.1 Å². The second-order valence-corrected chi connectivity index (χ2v) is 4.73. The number of aromatic nitrogens is 1. The molecule has 0 spiro atoms. The first-order valence-electron chi connectivity index (χ1n) is 5.70. The maximum atomic E-state index is 3.56. The minimum atomic E-state index is 0.566. The lowest BCUT2D eigenvalue weighted by molar-refractivity contribution is -0.725. The van der Waals surface area contributed by atoms with Crippen LogP contribution in [0.4, 0.5) is 0 Å². The van der Waals surface area contributed by atoms with Gasteiger partial charge in [0.05, 0.1) is 11.7 Å². The molecule has 15 heavy (non-hydrogen) atoms. The highest BCUT2D eigenvalue weighted by Crippen LogP contribution is 2.28. The van der Waals surface area contributed by atoms with E-state index in [4.69, 9.17) is 0 Å². The third-order valence-corrected chi connectivity index (χ3v) is 3.45. The smallest absolute Gasteiger partial charge is 0.124 e. The van der Waals surface area contributed by atoms with Crippen molar-refractivity contribution in [2.24, 2.45) is 0 Å². The van der Waals surface area contributed by atoms with Gasteiger partial charge >= 0.3 is 0 Å². The van der Waals surface area contributed by atoms with Crippen molar-refractivity contribution >= 4 is 10.9 Å². The van der Waals surface area contributed by atoms with Crippen molar-refractivity contribution in [3.05, 3.63) is 35.5 Å². The van der Waals surface area contributed by atoms with Gasteiger partial charge in [-0.2, -0.15) is 0 Å². The summed E-state index contributed by atoms with van der Waals surface area (Å²) in [6, 6.07) is 9.90. The third-order valence-electron chi connectivity index (χ3n) is 3.45. The van der Waals surface area contributed by atoms with Gasteiger partial charge in [-0.3, -0.25) is 0 Å². The molecule has 2 atom stereocenters. The van der Waals surface area contributed by atoms with Crippen LogP contribution in [0.2, 0.25) is 0 Å². The van der Waals surface area contributed by atoms with E-state index in [1.807, 2.05) is 0 Å². The van der Waals surface area contributed by atoms with Gasteiger partial charge in [-0.25, -0.2) is 0 Å². The SMILES string of the molecule is C[C@@H]1Cc2c([nH]c3ccccc23)[C@H](C)[NH2+]1. The zero-order valence-electron chi connectivity index (χ0n) is 9.25. The summed E-state index contributed by atoms with van der Waals surface area (Å²) in [7, 11) is 0. The molecule has 3 rings (SSSR count). The van der Waals surface area contributed by atoms with Crippen molar-refractivity contribution in [1.29, 1.82) is 0 Å². The van der Waals surface area contributed by atoms with Crippen molar-refractivity contribution in [2.75, 3.05) is 0 Å². The van der Waals surface area contributed by atoms with Gasteiger partial charge in [0.15, 0.2) is 0 Å². The Morgan fingerprint density at radius 1 is 1.27 bits per heavy atom. The summed E-state index contributed by atoms with van der Waals surface area (Å²) in [5.74, 6) is 0. The highest BCUT2D eigenvalue weighted by molar-refractivity contribution is 5.84. The molecule has 0 fully saturated rings. The molecule has 1 aromatic heterocycles. The number of para-hydroxylation sites is 1. The molecule has 0 aliphatic carbocycles. The number of fused-ring (bicyclic) bond motifs is 3. The standard InChI is InChI=1S/C13H16N2/c1-8-7-11-10-5-3-4-6-12(10)15-13(11)9(2)14-8/h3-6,8-9,14-15H,7H2,1-2H3/p+1/t8-,9+/m1/s1. The van der Waals surface area contributed by atoms with Crippen LogP contribution in [0, 0.1) is 0 Å². The Balaban J connectivity index is 2.27. The van der Waals surface area contributed by atoms with Crippen molar-refractivity contribution < 1.29 is 5.32 Å². The maximum absolute atomic E-state index is 3.56. The molecule has 2 aromatic rings. The minimum Gasteiger partial charge on any atom is -0.353 e. The fourth-order valence-electron chi connectivity index (χ4n) is 2.81. The average molecular weight is 201 g/mol. The monoisotopic (exact) mass is 201 g/mol. The molecule has 1 aromatic carbocycles. The van der Waals surface area contributed by atoms with Crippen LogP contribution in [0.1, 0.15) is 31.1 Å². The van der Waals surface area contributed by atoms with E-state index in [0.717, 1.165) is 0 Å². The summed E-state index contributed by atoms with van der Waals surface area (Å²) in [5.41, 5.74) is 4.25. The largest absolute Gasteiger partial charge is 0.353 e. The Kier molecular flexibility index (Phi) is 1.86. The predicted molar refractivity (Wildman–Crippen MR) is 61.8 cm³/mol. The summed E-state index contributed by atoms with van der Waals surface area (Å²) in [6.07, 6.45) is 1.18. The van der Waals surface area contributed by atoms with Crippen LogP contribution in [-0.2, 0) is 6.42 Å². The second kappa shape index (κ2) is 3.11. The van der Waals surface area contributed by atoms with Crippen molar-refractivity contribution in [3.63, 3.8) is 0 Å². The summed E-state index contributed by atoms with van der Waals surface area (Å²) in [4.78, 5) is 3.56. The van der Waals surface area contributed by atoms with Gasteiger partial charge in [-0.15, -0.1) is 0 Å². The lowest BCUT2D eigenvalue weighted by atomic mass is 9.96. The number of aromatic amines is 1. The Labute approximate surface area is 89.7 Å². The minimum absolute atomic E-state index is 0.566. The highest BCUT2D eigenvalue weighted by atomic mass is 15.0. The summed E-state index contributed by atoms with van der Waals surface area (Å²) < 4.78 is 0. The van der Waals surface area contributed by atoms with E-state index in [9.17, 15) is 0 Å². The first-order chi connectivity index (χ1) is 7.25. The molecule has 0 unspecified atom stereocenters. The van der Waals surface area contributed by atoms with Crippen molar-refractivity contribution in [3.8, 4) is 0 Å². The van der Waals surface area contributed by atoms with Gasteiger partial charge in [0.2, 0.25) is 0 Å². The number of quaternary nitrogens is 1. The Bertz CT molecular complexity index is 498. The fraction of sp³-hybridized carbons (Fsp3) is 0.385. The summed E-state index contributed by atoms with van der Waals surface area (Å²) in [6.45, 7) is 4.59. The molecule has 1 aliphatic heterocycles. The van der Waals surface area contributed by atoms with Gasteiger partial charge < -0.3 is 10.3 Å². The molecule has 0 saturated carbocycles. The molecule has 0 radical (unpaired) electrons. The number of hydrogen-bond donors (Lipinski definition) is 2. The molecule has 0 saturated heterocycles. The topological polar surface area (TPSA) is 32.4 Å². The lowest BCUT2D eigenvalue weighted by Crippen LogP contribution is -2.91. The van der Waals surface area contributed by atoms with E-state index in [1.165, 1.54) is 28.6 Å². The number of benzene rings is 1. The van der Waals surface area contributed by atoms with E-state index in [2.05, 4.69) is 48.4 Å². The van der Waals surface area contributed by atoms with Crippen LogP contribution in [0.15, 0.2) is 24.3 Å². The third kappa shape index (κ3) is 1.29. The number of H-pyrrole nitrogens is 1. The molecule has 2 heteroatoms. The number of hydrogen-bond acceptors (Lipinski definition) is 0. The van der Waals surface area contributed by atoms with Gasteiger partial charge in [-0.05, 0) is 25.5 Å². The molecule has 3 N–H and O–H groups in total. The Morgan fingerprint density at radius 2 is 2.07 bits per heavy atom. The van der Waals surface area contributed by atoms with Crippen LogP contribution >= 0.6 is 0 Å². The van der Waals surface area contributed by atoms with Gasteiger partial charge in [-0.1, -0.05) is 18.2 Å². The molecule has 78 valence electrons. The Morgan fingerprint density at radius 3 is 2.93 bits per heavy atom. The molecule has 1 aliphatic rings. The zero-order valence-corrected chi connectivity index (χ0v) is 9.25. The normalized spacial score (nSPS) is 25.5. The molecule has 2 nitrogen and oxygen atoms in total. The van der Waals surface area contributed by atoms with Crippen LogP contribution in [0.5, 0.6) is 0 Å². The number of nitrogens with two attached hydrogens (primary N) is 1. The number of rotatable bonds is 0. The first kappa shape index (κ1) is 8.98. The van der Waals surface area contributed by atoms with E-state index < -0.39 is 0 Å². The predicted octanol–water partition coefficient (Wildman–Crippen LogP) is 1.74. The quantitative estimate of drug-likeness (QED) is 0.651. The zero-order chi connectivity index (χ0) is 10.4. The highest BCUT2D eigenvalue weighted by Gasteiger charge is 2.27. The molecular weight excluding hydrogens is 184 g/mol. The van der Waals surface area contributed by atoms with E-state index in [1.54, 1.807) is 0 Å². The molecule has 0 bridgehead atoms. The summed E-state index contributed by atoms with van der Waals surface area (Å²) >= 11 is 0. The second-order valence-electron chi connectivity index (χ2n) is 4.73. The van der Waals surface area contributed by atoms with E-state index >= 15 is 0 Å². The van der Waals surface area contributed by atoms with E-state index in [-0.39, 0.29) is 0 Å². The number of nitrogens with one attached hydrogen (secondary N) is 1. The van der Waals surface area contributed by atoms with Gasteiger partial charge in [0, 0.05) is 17.3 Å². The van der Waals surface area contributed by atoms with Crippen LogP contribution in [0.25, 0.3) is 10.9 Å². The lowest BCUT2D eigenvalue weighted by Gasteiger charge is -2.23. The Hall–Kier alpha value is -1.28. The van der Waals surface area contributed by atoms with Crippen molar-refractivity contribution in [2.45, 2.75) is 32.4 Å². The van der Waals surface area contributed by atoms with Crippen LogP contribution in [0.3, 0.4) is 0 Å². The molecule has 2 heterocycles.